The number of amides is 1. The van der Waals surface area contributed by atoms with Crippen LogP contribution in [0.25, 0.3) is 10.9 Å². The van der Waals surface area contributed by atoms with E-state index in [2.05, 4.69) is 19.2 Å². The molecule has 0 unspecified atom stereocenters. The quantitative estimate of drug-likeness (QED) is 0.836. The van der Waals surface area contributed by atoms with Crippen molar-refractivity contribution >= 4 is 23.1 Å². The number of fused-ring (bicyclic) bond motifs is 1. The van der Waals surface area contributed by atoms with Crippen LogP contribution in [0.4, 0.5) is 0 Å². The molecule has 0 atom stereocenters. The van der Waals surface area contributed by atoms with Gasteiger partial charge in [0.2, 0.25) is 5.91 Å². The van der Waals surface area contributed by atoms with Crippen LogP contribution in [-0.4, -0.2) is 23.3 Å². The monoisotopic (exact) mass is 258 g/mol. The molecule has 0 aliphatic heterocycles. The van der Waals surface area contributed by atoms with Gasteiger partial charge in [0.05, 0.1) is 0 Å². The Bertz CT molecular complexity index is 599. The molecule has 0 radical (unpaired) electrons. The van der Waals surface area contributed by atoms with Gasteiger partial charge in [-0.25, -0.2) is 0 Å². The minimum Gasteiger partial charge on any atom is -0.354 e. The lowest BCUT2D eigenvalue weighted by atomic mass is 10.2. The number of nitrogens with one attached hydrogen (secondary N) is 1. The molecule has 0 saturated carbocycles. The number of nitrogens with zero attached hydrogens (tertiary/aromatic N) is 1. The highest BCUT2D eigenvalue weighted by Crippen LogP contribution is 2.19. The first-order valence-electron chi connectivity index (χ1n) is 6.41. The van der Waals surface area contributed by atoms with Crippen molar-refractivity contribution < 1.29 is 9.59 Å². The van der Waals surface area contributed by atoms with Gasteiger partial charge >= 0.3 is 0 Å². The lowest BCUT2D eigenvalue weighted by Gasteiger charge is -2.09. The van der Waals surface area contributed by atoms with Crippen molar-refractivity contribution in [2.24, 2.45) is 5.92 Å². The van der Waals surface area contributed by atoms with Crippen LogP contribution in [0.15, 0.2) is 30.5 Å². The Balaban J connectivity index is 2.21. The van der Waals surface area contributed by atoms with E-state index in [1.165, 1.54) is 0 Å². The average molecular weight is 258 g/mol. The first-order valence-corrected chi connectivity index (χ1v) is 6.41. The highest BCUT2D eigenvalue weighted by molar-refractivity contribution is 5.98. The molecule has 0 aliphatic carbocycles. The zero-order valence-corrected chi connectivity index (χ0v) is 11.2. The molecule has 2 aromatic rings. The van der Waals surface area contributed by atoms with E-state index in [9.17, 15) is 9.59 Å². The minimum absolute atomic E-state index is 0.0353. The van der Waals surface area contributed by atoms with E-state index in [4.69, 9.17) is 0 Å². The predicted molar refractivity (Wildman–Crippen MR) is 75.2 cm³/mol. The molecule has 1 aromatic carbocycles. The summed E-state index contributed by atoms with van der Waals surface area (Å²) in [7, 11) is 0. The van der Waals surface area contributed by atoms with Gasteiger partial charge in [0.1, 0.15) is 6.54 Å². The summed E-state index contributed by atoms with van der Waals surface area (Å²) in [6.07, 6.45) is 2.55. The summed E-state index contributed by atoms with van der Waals surface area (Å²) in [4.78, 5) is 22.9. The second-order valence-electron chi connectivity index (χ2n) is 5.05. The largest absolute Gasteiger partial charge is 0.354 e. The molecular weight excluding hydrogens is 240 g/mol. The maximum Gasteiger partial charge on any atom is 0.239 e. The van der Waals surface area contributed by atoms with Crippen LogP contribution >= 0.6 is 0 Å². The Morgan fingerprint density at radius 3 is 2.79 bits per heavy atom. The molecule has 0 fully saturated rings. The van der Waals surface area contributed by atoms with Gasteiger partial charge in [-0.15, -0.1) is 0 Å². The van der Waals surface area contributed by atoms with E-state index in [0.717, 1.165) is 17.2 Å². The molecule has 2 rings (SSSR count). The first kappa shape index (κ1) is 13.3. The van der Waals surface area contributed by atoms with E-state index in [0.29, 0.717) is 18.0 Å². The van der Waals surface area contributed by atoms with Crippen LogP contribution in [0.3, 0.4) is 0 Å². The summed E-state index contributed by atoms with van der Waals surface area (Å²) in [6, 6.07) is 7.59. The van der Waals surface area contributed by atoms with Crippen LogP contribution < -0.4 is 5.32 Å². The molecule has 4 nitrogen and oxygen atoms in total. The van der Waals surface area contributed by atoms with Crippen LogP contribution in [0.2, 0.25) is 0 Å². The molecule has 0 bridgehead atoms. The molecule has 1 N–H and O–H groups in total. The summed E-state index contributed by atoms with van der Waals surface area (Å²) < 4.78 is 1.81. The summed E-state index contributed by atoms with van der Waals surface area (Å²) >= 11 is 0. The van der Waals surface area contributed by atoms with Crippen molar-refractivity contribution in [2.75, 3.05) is 6.54 Å². The van der Waals surface area contributed by atoms with Gasteiger partial charge in [-0.3, -0.25) is 9.59 Å². The number of para-hydroxylation sites is 1. The normalized spacial score (nSPS) is 10.9. The molecular formula is C15H18N2O2. The molecule has 0 aliphatic rings. The van der Waals surface area contributed by atoms with Gasteiger partial charge < -0.3 is 9.88 Å². The Morgan fingerprint density at radius 1 is 1.37 bits per heavy atom. The number of aromatic nitrogens is 1. The third-order valence-corrected chi connectivity index (χ3v) is 2.97. The number of benzene rings is 1. The molecule has 0 spiro atoms. The third-order valence-electron chi connectivity index (χ3n) is 2.97. The fourth-order valence-electron chi connectivity index (χ4n) is 2.03. The van der Waals surface area contributed by atoms with Crippen LogP contribution in [-0.2, 0) is 11.3 Å². The second kappa shape index (κ2) is 5.69. The summed E-state index contributed by atoms with van der Waals surface area (Å²) in [5.74, 6) is 0.391. The Kier molecular flexibility index (Phi) is 4.00. The molecule has 1 heterocycles. The molecule has 19 heavy (non-hydrogen) atoms. The van der Waals surface area contributed by atoms with Gasteiger partial charge in [-0.2, -0.15) is 0 Å². The Morgan fingerprint density at radius 2 is 2.11 bits per heavy atom. The van der Waals surface area contributed by atoms with E-state index in [1.54, 1.807) is 6.20 Å². The predicted octanol–water partition coefficient (Wildman–Crippen LogP) is 2.23. The molecule has 1 aromatic heterocycles. The third kappa shape index (κ3) is 3.02. The number of carbonyl (C=O) groups is 2. The molecule has 0 saturated heterocycles. The summed E-state index contributed by atoms with van der Waals surface area (Å²) in [5, 5.41) is 3.76. The maximum atomic E-state index is 11.8. The van der Waals surface area contributed by atoms with Crippen molar-refractivity contribution in [3.8, 4) is 0 Å². The van der Waals surface area contributed by atoms with Crippen molar-refractivity contribution in [1.82, 2.24) is 9.88 Å². The van der Waals surface area contributed by atoms with Crippen LogP contribution in [0, 0.1) is 5.92 Å². The maximum absolute atomic E-state index is 11.8. The van der Waals surface area contributed by atoms with Crippen molar-refractivity contribution in [1.29, 1.82) is 0 Å². The Labute approximate surface area is 112 Å². The van der Waals surface area contributed by atoms with Crippen molar-refractivity contribution in [3.05, 3.63) is 36.0 Å². The summed E-state index contributed by atoms with van der Waals surface area (Å²) in [5.41, 5.74) is 1.52. The molecule has 100 valence electrons. The summed E-state index contributed by atoms with van der Waals surface area (Å²) in [6.45, 7) is 5.01. The molecule has 4 heteroatoms. The first-order chi connectivity index (χ1) is 9.11. The second-order valence-corrected chi connectivity index (χ2v) is 5.05. The molecule has 1 amide bonds. The highest BCUT2D eigenvalue weighted by Gasteiger charge is 2.10. The van der Waals surface area contributed by atoms with E-state index in [1.807, 2.05) is 28.8 Å². The highest BCUT2D eigenvalue weighted by atomic mass is 16.2. The van der Waals surface area contributed by atoms with Gasteiger partial charge in [0.15, 0.2) is 6.29 Å². The van der Waals surface area contributed by atoms with Gasteiger partial charge in [-0.1, -0.05) is 32.0 Å². The number of hydrogen-bond donors (Lipinski definition) is 1. The SMILES string of the molecule is CC(C)CNC(=O)Cn1cc(C=O)c2ccccc21. The van der Waals surface area contributed by atoms with Crippen molar-refractivity contribution in [3.63, 3.8) is 0 Å². The van der Waals surface area contributed by atoms with E-state index >= 15 is 0 Å². The Hall–Kier alpha value is -2.10. The van der Waals surface area contributed by atoms with Crippen molar-refractivity contribution in [2.45, 2.75) is 20.4 Å². The van der Waals surface area contributed by atoms with Gasteiger partial charge in [0.25, 0.3) is 0 Å². The smallest absolute Gasteiger partial charge is 0.239 e. The zero-order valence-electron chi connectivity index (χ0n) is 11.2. The standard InChI is InChI=1S/C15H18N2O2/c1-11(2)7-16-15(19)9-17-8-12(10-18)13-5-3-4-6-14(13)17/h3-6,8,10-11H,7,9H2,1-2H3,(H,16,19). The van der Waals surface area contributed by atoms with E-state index in [-0.39, 0.29) is 12.5 Å². The average Bonchev–Trinajstić information content (AvgIpc) is 2.75. The fraction of sp³-hybridized carbons (Fsp3) is 0.333. The van der Waals surface area contributed by atoms with Crippen LogP contribution in [0.5, 0.6) is 0 Å². The fourth-order valence-corrected chi connectivity index (χ4v) is 2.03. The van der Waals surface area contributed by atoms with E-state index < -0.39 is 0 Å². The minimum atomic E-state index is -0.0353. The van der Waals surface area contributed by atoms with Gasteiger partial charge in [0, 0.05) is 29.2 Å². The van der Waals surface area contributed by atoms with Gasteiger partial charge in [-0.05, 0) is 12.0 Å². The lowest BCUT2D eigenvalue weighted by molar-refractivity contribution is -0.121. The number of hydrogen-bond acceptors (Lipinski definition) is 2. The zero-order chi connectivity index (χ0) is 13.8. The lowest BCUT2D eigenvalue weighted by Crippen LogP contribution is -2.30. The number of carbonyl (C=O) groups excluding carboxylic acids is 2. The topological polar surface area (TPSA) is 51.1 Å². The number of rotatable bonds is 5. The van der Waals surface area contributed by atoms with Crippen LogP contribution in [0.1, 0.15) is 24.2 Å². The number of aldehydes is 1.